The summed E-state index contributed by atoms with van der Waals surface area (Å²) in [5.41, 5.74) is -0.339. The van der Waals surface area contributed by atoms with Gasteiger partial charge in [-0.05, 0) is 74.6 Å². The summed E-state index contributed by atoms with van der Waals surface area (Å²) in [7, 11) is 0. The molecule has 0 saturated carbocycles. The van der Waals surface area contributed by atoms with E-state index in [4.69, 9.17) is 9.47 Å². The minimum absolute atomic E-state index is 0.0258. The molecule has 2 heterocycles. The van der Waals surface area contributed by atoms with E-state index in [0.717, 1.165) is 29.2 Å². The number of amides is 5. The van der Waals surface area contributed by atoms with Gasteiger partial charge >= 0.3 is 18.0 Å². The van der Waals surface area contributed by atoms with Crippen molar-refractivity contribution in [2.45, 2.75) is 84.2 Å². The Morgan fingerprint density at radius 3 is 2.31 bits per heavy atom. The molecule has 2 aromatic rings. The van der Waals surface area contributed by atoms with E-state index in [-0.39, 0.29) is 31.5 Å². The predicted octanol–water partition coefficient (Wildman–Crippen LogP) is 3.76. The standard InChI is InChI=1S/C33H37F3N4O8/c1-18(2)26(38-31(46)48-32(3,4)5)29(44)47-17-40-25(41)13-12-24(28(40)43)39-16-20-14-19(6-11-23(20)27(39)42)15-37-30(45)33(35,36)21-7-9-22(34)10-8-21/h6-11,14,18,24,26H,12-13,15-17H2,1-5H3,(H,37,45)(H,38,46)/t24?,26-/m0/s1. The Kier molecular flexibility index (Phi) is 10.5. The van der Waals surface area contributed by atoms with E-state index in [1.807, 2.05) is 0 Å². The van der Waals surface area contributed by atoms with Crippen molar-refractivity contribution in [3.63, 3.8) is 0 Å². The number of imide groups is 1. The zero-order valence-electron chi connectivity index (χ0n) is 27.1. The molecular formula is C33H37F3N4O8. The van der Waals surface area contributed by atoms with Crippen LogP contribution in [0.5, 0.6) is 0 Å². The molecule has 48 heavy (non-hydrogen) atoms. The maximum absolute atomic E-state index is 14.6. The molecule has 0 spiro atoms. The lowest BCUT2D eigenvalue weighted by Crippen LogP contribution is -2.56. The van der Waals surface area contributed by atoms with Crippen molar-refractivity contribution in [2.75, 3.05) is 6.73 Å². The number of nitrogens with zero attached hydrogens (tertiary/aromatic N) is 2. The average Bonchev–Trinajstić information content (AvgIpc) is 3.32. The van der Waals surface area contributed by atoms with E-state index in [9.17, 15) is 41.9 Å². The Labute approximate surface area is 274 Å². The fourth-order valence-corrected chi connectivity index (χ4v) is 5.24. The molecule has 2 aliphatic rings. The smallest absolute Gasteiger partial charge is 0.408 e. The lowest BCUT2D eigenvalue weighted by atomic mass is 10.0. The Bertz CT molecular complexity index is 1610. The zero-order chi connectivity index (χ0) is 35.6. The van der Waals surface area contributed by atoms with Crippen molar-refractivity contribution >= 4 is 35.7 Å². The summed E-state index contributed by atoms with van der Waals surface area (Å²) in [4.78, 5) is 78.8. The quantitative estimate of drug-likeness (QED) is 0.286. The third-order valence-corrected chi connectivity index (χ3v) is 7.74. The largest absolute Gasteiger partial charge is 0.444 e. The van der Waals surface area contributed by atoms with Crippen LogP contribution < -0.4 is 10.6 Å². The molecule has 258 valence electrons. The Morgan fingerprint density at radius 2 is 1.69 bits per heavy atom. The normalized spacial score (nSPS) is 17.3. The fourth-order valence-electron chi connectivity index (χ4n) is 5.24. The highest BCUT2D eigenvalue weighted by molar-refractivity contribution is 6.05. The van der Waals surface area contributed by atoms with Gasteiger partial charge in [-0.25, -0.2) is 18.9 Å². The maximum atomic E-state index is 14.6. The number of ether oxygens (including phenoxy) is 2. The number of hydrogen-bond donors (Lipinski definition) is 2. The number of likely N-dealkylation sites (tertiary alicyclic amines) is 1. The number of hydrogen-bond acceptors (Lipinski definition) is 8. The first kappa shape index (κ1) is 35.9. The molecule has 1 saturated heterocycles. The molecule has 0 radical (unpaired) electrons. The summed E-state index contributed by atoms with van der Waals surface area (Å²) in [6.45, 7) is 7.24. The number of alkyl carbamates (subject to hydrolysis) is 1. The van der Waals surface area contributed by atoms with E-state index in [1.54, 1.807) is 40.7 Å². The van der Waals surface area contributed by atoms with Crippen molar-refractivity contribution in [1.29, 1.82) is 0 Å². The second kappa shape index (κ2) is 14.0. The highest BCUT2D eigenvalue weighted by atomic mass is 19.3. The van der Waals surface area contributed by atoms with Gasteiger partial charge in [-0.15, -0.1) is 0 Å². The minimum Gasteiger partial charge on any atom is -0.444 e. The van der Waals surface area contributed by atoms with E-state index in [2.05, 4.69) is 10.6 Å². The molecule has 12 nitrogen and oxygen atoms in total. The van der Waals surface area contributed by atoms with Gasteiger partial charge in [0.2, 0.25) is 5.91 Å². The number of alkyl halides is 2. The van der Waals surface area contributed by atoms with Gasteiger partial charge in [0.15, 0.2) is 6.73 Å². The summed E-state index contributed by atoms with van der Waals surface area (Å²) in [6, 6.07) is 5.59. The summed E-state index contributed by atoms with van der Waals surface area (Å²) >= 11 is 0. The zero-order valence-corrected chi connectivity index (χ0v) is 27.1. The molecule has 15 heteroatoms. The third kappa shape index (κ3) is 8.12. The Morgan fingerprint density at radius 1 is 1.02 bits per heavy atom. The van der Waals surface area contributed by atoms with Gasteiger partial charge in [-0.2, -0.15) is 8.78 Å². The number of benzene rings is 2. The monoisotopic (exact) mass is 674 g/mol. The minimum atomic E-state index is -3.92. The molecule has 4 rings (SSSR count). The van der Waals surface area contributed by atoms with Gasteiger partial charge in [0.25, 0.3) is 17.7 Å². The second-order valence-corrected chi connectivity index (χ2v) is 12.9. The van der Waals surface area contributed by atoms with Crippen molar-refractivity contribution < 1.29 is 51.4 Å². The van der Waals surface area contributed by atoms with Crippen LogP contribution in [0, 0.1) is 11.7 Å². The highest BCUT2D eigenvalue weighted by Crippen LogP contribution is 2.31. The number of nitrogens with one attached hydrogen (secondary N) is 2. The molecule has 2 N–H and O–H groups in total. The molecule has 2 aromatic carbocycles. The number of rotatable bonds is 10. The molecule has 0 aliphatic carbocycles. The first-order valence-corrected chi connectivity index (χ1v) is 15.2. The van der Waals surface area contributed by atoms with E-state index < -0.39 is 83.3 Å². The predicted molar refractivity (Wildman–Crippen MR) is 162 cm³/mol. The van der Waals surface area contributed by atoms with Crippen molar-refractivity contribution in [1.82, 2.24) is 20.4 Å². The summed E-state index contributed by atoms with van der Waals surface area (Å²) in [6.07, 6.45) is -0.931. The number of fused-ring (bicyclic) bond motifs is 1. The SMILES string of the molecule is CC(C)[C@H](NC(=O)OC(C)(C)C)C(=O)OCN1C(=O)CCC(N2Cc3cc(CNC(=O)C(F)(F)c4ccc(F)cc4)ccc3C2=O)C1=O. The molecule has 2 atom stereocenters. The number of piperidine rings is 1. The number of carbonyl (C=O) groups excluding carboxylic acids is 6. The van der Waals surface area contributed by atoms with Crippen LogP contribution in [0.2, 0.25) is 0 Å². The molecule has 0 aromatic heterocycles. The average molecular weight is 675 g/mol. The number of carbonyl (C=O) groups is 6. The van der Waals surface area contributed by atoms with Crippen LogP contribution in [0.4, 0.5) is 18.0 Å². The fraction of sp³-hybridized carbons (Fsp3) is 0.455. The number of esters is 1. The summed E-state index contributed by atoms with van der Waals surface area (Å²) in [5, 5.41) is 4.59. The second-order valence-electron chi connectivity index (χ2n) is 12.9. The molecule has 2 aliphatic heterocycles. The van der Waals surface area contributed by atoms with E-state index >= 15 is 0 Å². The third-order valence-electron chi connectivity index (χ3n) is 7.74. The molecule has 5 amide bonds. The summed E-state index contributed by atoms with van der Waals surface area (Å²) < 4.78 is 52.8. The maximum Gasteiger partial charge on any atom is 0.408 e. The molecule has 0 bridgehead atoms. The lowest BCUT2D eigenvalue weighted by molar-refractivity contribution is -0.165. The van der Waals surface area contributed by atoms with Gasteiger partial charge in [0.1, 0.15) is 23.5 Å². The molecule has 1 fully saturated rings. The van der Waals surface area contributed by atoms with E-state index in [1.165, 1.54) is 17.0 Å². The highest BCUT2D eigenvalue weighted by Gasteiger charge is 2.44. The van der Waals surface area contributed by atoms with Crippen molar-refractivity contribution in [3.05, 3.63) is 70.5 Å². The molecule has 1 unspecified atom stereocenters. The first-order chi connectivity index (χ1) is 22.4. The van der Waals surface area contributed by atoms with Crippen LogP contribution in [0.1, 0.15) is 74.5 Å². The van der Waals surface area contributed by atoms with Crippen LogP contribution in [-0.4, -0.2) is 69.9 Å². The van der Waals surface area contributed by atoms with Crippen molar-refractivity contribution in [3.8, 4) is 0 Å². The Hall–Kier alpha value is -4.95. The van der Waals surface area contributed by atoms with Crippen LogP contribution in [0.15, 0.2) is 42.5 Å². The van der Waals surface area contributed by atoms with Gasteiger partial charge in [0, 0.05) is 30.6 Å². The van der Waals surface area contributed by atoms with Gasteiger partial charge < -0.3 is 25.0 Å². The lowest BCUT2D eigenvalue weighted by Gasteiger charge is -2.35. The van der Waals surface area contributed by atoms with Gasteiger partial charge in [-0.3, -0.25) is 19.2 Å². The van der Waals surface area contributed by atoms with E-state index in [0.29, 0.717) is 11.1 Å². The number of halogens is 3. The first-order valence-electron chi connectivity index (χ1n) is 15.2. The van der Waals surface area contributed by atoms with Crippen molar-refractivity contribution in [2.24, 2.45) is 5.92 Å². The van der Waals surface area contributed by atoms with Crippen LogP contribution in [-0.2, 0) is 47.7 Å². The topological polar surface area (TPSA) is 151 Å². The van der Waals surface area contributed by atoms with Crippen LogP contribution in [0.3, 0.4) is 0 Å². The molecular weight excluding hydrogens is 637 g/mol. The van der Waals surface area contributed by atoms with Gasteiger partial charge in [0.05, 0.1) is 0 Å². The summed E-state index contributed by atoms with van der Waals surface area (Å²) in [5.74, 6) is -9.39. The Balaban J connectivity index is 1.38. The van der Waals surface area contributed by atoms with Gasteiger partial charge in [-0.1, -0.05) is 26.0 Å². The van der Waals surface area contributed by atoms with Crippen LogP contribution >= 0.6 is 0 Å². The van der Waals surface area contributed by atoms with Crippen LogP contribution in [0.25, 0.3) is 0 Å².